The molecular weight excluding hydrogens is 310 g/mol. The van der Waals surface area contributed by atoms with Crippen molar-refractivity contribution >= 4 is 17.4 Å². The summed E-state index contributed by atoms with van der Waals surface area (Å²) in [5.41, 5.74) is 0.901. The number of anilines is 1. The van der Waals surface area contributed by atoms with Gasteiger partial charge in [-0.3, -0.25) is 10.1 Å². The molecule has 0 unspecified atom stereocenters. The van der Waals surface area contributed by atoms with E-state index in [1.807, 2.05) is 20.8 Å². The van der Waals surface area contributed by atoms with Crippen LogP contribution in [0.15, 0.2) is 18.2 Å². The van der Waals surface area contributed by atoms with Crippen molar-refractivity contribution in [2.24, 2.45) is 0 Å². The van der Waals surface area contributed by atoms with Crippen LogP contribution in [-0.2, 0) is 0 Å². The third-order valence-electron chi connectivity index (χ3n) is 4.58. The summed E-state index contributed by atoms with van der Waals surface area (Å²) in [5.74, 6) is 0. The van der Waals surface area contributed by atoms with Crippen LogP contribution in [0, 0.1) is 21.4 Å². The number of benzene rings is 1. The topological polar surface area (TPSA) is 93.7 Å². The Balaban J connectivity index is 1.67. The summed E-state index contributed by atoms with van der Waals surface area (Å²) in [6.45, 7) is 4.09. The minimum Gasteiger partial charge on any atom is -0.367 e. The molecule has 2 heterocycles. The maximum absolute atomic E-state index is 12.4. The summed E-state index contributed by atoms with van der Waals surface area (Å²) in [6, 6.07) is 6.46. The van der Waals surface area contributed by atoms with E-state index in [4.69, 9.17) is 0 Å². The number of piperazine rings is 1. The molecule has 1 aromatic carbocycles. The van der Waals surface area contributed by atoms with Gasteiger partial charge in [0.25, 0.3) is 5.69 Å². The summed E-state index contributed by atoms with van der Waals surface area (Å²) in [7, 11) is 0. The third kappa shape index (κ3) is 3.11. The first-order valence-corrected chi connectivity index (χ1v) is 8.07. The van der Waals surface area contributed by atoms with Gasteiger partial charge < -0.3 is 14.7 Å². The Bertz CT molecular complexity index is 685. The van der Waals surface area contributed by atoms with E-state index in [1.54, 1.807) is 6.07 Å². The SMILES string of the molecule is N#Cc1cc([N+](=O)[O-])ccc1N1CCN(C(=O)N2CCCC2)CC1. The van der Waals surface area contributed by atoms with Crippen LogP contribution < -0.4 is 4.90 Å². The van der Waals surface area contributed by atoms with Gasteiger partial charge in [0.2, 0.25) is 0 Å². The highest BCUT2D eigenvalue weighted by Crippen LogP contribution is 2.26. The van der Waals surface area contributed by atoms with Crippen molar-refractivity contribution in [2.45, 2.75) is 12.8 Å². The molecule has 2 amide bonds. The van der Waals surface area contributed by atoms with Gasteiger partial charge in [0.05, 0.1) is 16.2 Å². The molecule has 8 nitrogen and oxygen atoms in total. The molecule has 0 bridgehead atoms. The quantitative estimate of drug-likeness (QED) is 0.609. The number of hydrogen-bond donors (Lipinski definition) is 0. The number of nitro groups is 1. The zero-order valence-corrected chi connectivity index (χ0v) is 13.3. The van der Waals surface area contributed by atoms with Crippen LogP contribution in [-0.4, -0.2) is 60.0 Å². The summed E-state index contributed by atoms with van der Waals surface area (Å²) in [5, 5.41) is 20.1. The van der Waals surface area contributed by atoms with E-state index >= 15 is 0 Å². The standard InChI is InChI=1S/C16H19N5O3/c17-12-13-11-14(21(23)24)3-4-15(13)18-7-9-20(10-8-18)16(22)19-5-1-2-6-19/h3-4,11H,1-2,5-10H2. The van der Waals surface area contributed by atoms with Crippen molar-refractivity contribution in [3.8, 4) is 6.07 Å². The predicted octanol–water partition coefficient (Wildman–Crippen LogP) is 1.80. The summed E-state index contributed by atoms with van der Waals surface area (Å²) in [4.78, 5) is 28.5. The lowest BCUT2D eigenvalue weighted by molar-refractivity contribution is -0.384. The molecule has 0 saturated carbocycles. The monoisotopic (exact) mass is 329 g/mol. The highest BCUT2D eigenvalue weighted by Gasteiger charge is 2.27. The van der Waals surface area contributed by atoms with E-state index in [1.165, 1.54) is 12.1 Å². The van der Waals surface area contributed by atoms with Crippen LogP contribution >= 0.6 is 0 Å². The number of carbonyl (C=O) groups excluding carboxylic acids is 1. The zero-order chi connectivity index (χ0) is 17.1. The first-order chi connectivity index (χ1) is 11.6. The molecule has 2 aliphatic rings. The van der Waals surface area contributed by atoms with E-state index < -0.39 is 4.92 Å². The lowest BCUT2D eigenvalue weighted by atomic mass is 10.1. The highest BCUT2D eigenvalue weighted by molar-refractivity contribution is 5.75. The Morgan fingerprint density at radius 3 is 2.29 bits per heavy atom. The summed E-state index contributed by atoms with van der Waals surface area (Å²) < 4.78 is 0. The molecule has 126 valence electrons. The van der Waals surface area contributed by atoms with Crippen molar-refractivity contribution in [1.82, 2.24) is 9.80 Å². The minimum absolute atomic E-state index is 0.0850. The fraction of sp³-hybridized carbons (Fsp3) is 0.500. The number of rotatable bonds is 2. The first-order valence-electron chi connectivity index (χ1n) is 8.07. The maximum Gasteiger partial charge on any atom is 0.320 e. The Kier molecular flexibility index (Phi) is 4.51. The predicted molar refractivity (Wildman–Crippen MR) is 87.8 cm³/mol. The second-order valence-corrected chi connectivity index (χ2v) is 6.02. The lowest BCUT2D eigenvalue weighted by Gasteiger charge is -2.38. The zero-order valence-electron chi connectivity index (χ0n) is 13.3. The average Bonchev–Trinajstić information content (AvgIpc) is 3.15. The first kappa shape index (κ1) is 16.1. The van der Waals surface area contributed by atoms with Gasteiger partial charge in [0.15, 0.2) is 0 Å². The number of carbonyl (C=O) groups is 1. The van der Waals surface area contributed by atoms with E-state index in [-0.39, 0.29) is 11.7 Å². The van der Waals surface area contributed by atoms with Gasteiger partial charge >= 0.3 is 6.03 Å². The normalized spacial score (nSPS) is 17.7. The third-order valence-corrected chi connectivity index (χ3v) is 4.58. The van der Waals surface area contributed by atoms with Crippen LogP contribution in [0.2, 0.25) is 0 Å². The fourth-order valence-corrected chi connectivity index (χ4v) is 3.25. The lowest BCUT2D eigenvalue weighted by Crippen LogP contribution is -2.52. The van der Waals surface area contributed by atoms with E-state index in [0.29, 0.717) is 37.4 Å². The average molecular weight is 329 g/mol. The van der Waals surface area contributed by atoms with Crippen LogP contribution in [0.25, 0.3) is 0 Å². The Hall–Kier alpha value is -2.82. The van der Waals surface area contributed by atoms with Crippen LogP contribution in [0.3, 0.4) is 0 Å². The van der Waals surface area contributed by atoms with Crippen LogP contribution in [0.5, 0.6) is 0 Å². The van der Waals surface area contributed by atoms with Crippen molar-refractivity contribution in [3.05, 3.63) is 33.9 Å². The molecule has 0 N–H and O–H groups in total. The van der Waals surface area contributed by atoms with Gasteiger partial charge in [-0.2, -0.15) is 5.26 Å². The fourth-order valence-electron chi connectivity index (χ4n) is 3.25. The number of nitrogens with zero attached hydrogens (tertiary/aromatic N) is 5. The smallest absolute Gasteiger partial charge is 0.320 e. The number of urea groups is 1. The Morgan fingerprint density at radius 1 is 1.08 bits per heavy atom. The second-order valence-electron chi connectivity index (χ2n) is 6.02. The summed E-state index contributed by atoms with van der Waals surface area (Å²) in [6.07, 6.45) is 2.14. The van der Waals surface area contributed by atoms with E-state index in [2.05, 4.69) is 0 Å². The highest BCUT2D eigenvalue weighted by atomic mass is 16.6. The number of hydrogen-bond acceptors (Lipinski definition) is 5. The molecule has 2 fully saturated rings. The van der Waals surface area contributed by atoms with Gasteiger partial charge in [-0.05, 0) is 18.9 Å². The minimum atomic E-state index is -0.503. The maximum atomic E-state index is 12.4. The number of nitriles is 1. The largest absolute Gasteiger partial charge is 0.367 e. The molecule has 0 spiro atoms. The van der Waals surface area contributed by atoms with E-state index in [9.17, 15) is 20.2 Å². The number of likely N-dealkylation sites (tertiary alicyclic amines) is 1. The van der Waals surface area contributed by atoms with E-state index in [0.717, 1.165) is 25.9 Å². The van der Waals surface area contributed by atoms with Gasteiger partial charge in [0.1, 0.15) is 6.07 Å². The van der Waals surface area contributed by atoms with Gasteiger partial charge in [-0.1, -0.05) is 0 Å². The molecule has 3 rings (SSSR count). The van der Waals surface area contributed by atoms with Crippen molar-refractivity contribution in [2.75, 3.05) is 44.2 Å². The Labute approximate surface area is 140 Å². The number of amides is 2. The molecule has 0 radical (unpaired) electrons. The van der Waals surface area contributed by atoms with Gasteiger partial charge in [0, 0.05) is 51.4 Å². The molecule has 0 aliphatic carbocycles. The number of non-ortho nitro benzene ring substituents is 1. The molecule has 1 aromatic rings. The van der Waals surface area contributed by atoms with Gasteiger partial charge in [-0.15, -0.1) is 0 Å². The number of nitro benzene ring substituents is 1. The second kappa shape index (κ2) is 6.74. The van der Waals surface area contributed by atoms with Crippen molar-refractivity contribution < 1.29 is 9.72 Å². The molecule has 0 aromatic heterocycles. The van der Waals surface area contributed by atoms with Crippen LogP contribution in [0.4, 0.5) is 16.2 Å². The molecule has 8 heteroatoms. The van der Waals surface area contributed by atoms with Crippen molar-refractivity contribution in [3.63, 3.8) is 0 Å². The summed E-state index contributed by atoms with van der Waals surface area (Å²) >= 11 is 0. The molecular formula is C16H19N5O3. The molecule has 24 heavy (non-hydrogen) atoms. The molecule has 2 aliphatic heterocycles. The van der Waals surface area contributed by atoms with Crippen molar-refractivity contribution in [1.29, 1.82) is 5.26 Å². The van der Waals surface area contributed by atoms with Gasteiger partial charge in [-0.25, -0.2) is 4.79 Å². The Morgan fingerprint density at radius 2 is 1.71 bits per heavy atom. The van der Waals surface area contributed by atoms with Crippen LogP contribution in [0.1, 0.15) is 18.4 Å². The molecule has 2 saturated heterocycles. The molecule has 0 atom stereocenters.